The van der Waals surface area contributed by atoms with E-state index in [2.05, 4.69) is 62.5 Å². The van der Waals surface area contributed by atoms with Crippen LogP contribution < -0.4 is 4.63 Å². The predicted molar refractivity (Wildman–Crippen MR) is 80.5 cm³/mol. The van der Waals surface area contributed by atoms with E-state index >= 15 is 0 Å². The van der Waals surface area contributed by atoms with Gasteiger partial charge in [-0.1, -0.05) is 41.5 Å². The highest BCUT2D eigenvalue weighted by atomic mass is 79.9. The highest BCUT2D eigenvalue weighted by Gasteiger charge is 2.46. The largest absolute Gasteiger partial charge is 0.254 e. The Balaban J connectivity index is 3.33. The zero-order chi connectivity index (χ0) is 12.5. The minimum atomic E-state index is -1.51. The molecule has 0 unspecified atom stereocenters. The molecule has 0 saturated carbocycles. The molecule has 0 amide bonds. The van der Waals surface area contributed by atoms with Crippen molar-refractivity contribution in [1.29, 1.82) is 0 Å². The molecule has 4 heteroatoms. The molecule has 0 fully saturated rings. The molecule has 0 N–H and O–H groups in total. The lowest BCUT2D eigenvalue weighted by Gasteiger charge is -2.41. The van der Waals surface area contributed by atoms with E-state index in [4.69, 9.17) is 0 Å². The van der Waals surface area contributed by atoms with Gasteiger partial charge in [0.05, 0.1) is 14.6 Å². The number of hydrogen-bond donors (Lipinski definition) is 0. The van der Waals surface area contributed by atoms with Crippen molar-refractivity contribution in [3.63, 3.8) is 0 Å². The number of thiazole rings is 1. The number of halogens is 1. The molecule has 0 aliphatic carbocycles. The van der Waals surface area contributed by atoms with Crippen LogP contribution in [0.4, 0.5) is 0 Å². The van der Waals surface area contributed by atoms with Crippen molar-refractivity contribution in [1.82, 2.24) is 4.98 Å². The molecular weight excluding hydrogens is 298 g/mol. The Morgan fingerprint density at radius 3 is 1.75 bits per heavy atom. The smallest absolute Gasteiger partial charge is 0.131 e. The summed E-state index contributed by atoms with van der Waals surface area (Å²) in [6, 6.07) is 0. The average Bonchev–Trinajstić information content (AvgIpc) is 2.50. The highest BCUT2D eigenvalue weighted by molar-refractivity contribution is 9.11. The molecule has 0 atom stereocenters. The van der Waals surface area contributed by atoms with Crippen molar-refractivity contribution in [2.45, 2.75) is 58.2 Å². The van der Waals surface area contributed by atoms with Crippen molar-refractivity contribution in [2.24, 2.45) is 0 Å². The van der Waals surface area contributed by atoms with E-state index in [9.17, 15) is 0 Å². The summed E-state index contributed by atoms with van der Waals surface area (Å²) in [5.74, 6) is 0. The molecule has 92 valence electrons. The summed E-state index contributed by atoms with van der Waals surface area (Å²) in [5, 5.41) is 0. The van der Waals surface area contributed by atoms with Crippen LogP contribution in [-0.2, 0) is 0 Å². The van der Waals surface area contributed by atoms with Crippen LogP contribution in [0, 0.1) is 0 Å². The predicted octanol–water partition coefficient (Wildman–Crippen LogP) is 4.79. The van der Waals surface area contributed by atoms with Crippen molar-refractivity contribution in [3.05, 3.63) is 9.98 Å². The van der Waals surface area contributed by atoms with E-state index in [1.165, 1.54) is 8.42 Å². The number of hydrogen-bond acceptors (Lipinski definition) is 2. The fourth-order valence-electron chi connectivity index (χ4n) is 3.20. The van der Waals surface area contributed by atoms with E-state index in [0.29, 0.717) is 0 Å². The molecule has 1 aromatic rings. The van der Waals surface area contributed by atoms with Crippen LogP contribution in [0.1, 0.15) is 41.5 Å². The van der Waals surface area contributed by atoms with Gasteiger partial charge in [0.15, 0.2) is 0 Å². The zero-order valence-corrected chi connectivity index (χ0v) is 14.4. The summed E-state index contributed by atoms with van der Waals surface area (Å²) in [5.41, 5.74) is 2.22. The third-order valence-electron chi connectivity index (χ3n) is 3.71. The van der Waals surface area contributed by atoms with Crippen molar-refractivity contribution in [2.75, 3.05) is 0 Å². The lowest BCUT2D eigenvalue weighted by atomic mass is 10.5. The first kappa shape index (κ1) is 14.4. The lowest BCUT2D eigenvalue weighted by molar-refractivity contribution is 0.833. The van der Waals surface area contributed by atoms with Crippen molar-refractivity contribution in [3.8, 4) is 0 Å². The van der Waals surface area contributed by atoms with Crippen LogP contribution in [0.3, 0.4) is 0 Å². The quantitative estimate of drug-likeness (QED) is 0.727. The summed E-state index contributed by atoms with van der Waals surface area (Å²) < 4.78 is 2.58. The molecular formula is C12H22BrNSSi. The van der Waals surface area contributed by atoms with Gasteiger partial charge in [-0.3, -0.25) is 4.98 Å². The second-order valence-electron chi connectivity index (χ2n) is 5.37. The molecule has 0 aliphatic heterocycles. The summed E-state index contributed by atoms with van der Waals surface area (Å²) in [6.07, 6.45) is 1.97. The van der Waals surface area contributed by atoms with Gasteiger partial charge in [-0.25, -0.2) is 0 Å². The van der Waals surface area contributed by atoms with Gasteiger partial charge in [0.1, 0.15) is 8.07 Å². The van der Waals surface area contributed by atoms with Crippen molar-refractivity contribution < 1.29 is 0 Å². The Hall–Kier alpha value is 0.327. The monoisotopic (exact) mass is 319 g/mol. The van der Waals surface area contributed by atoms with Gasteiger partial charge >= 0.3 is 0 Å². The van der Waals surface area contributed by atoms with Gasteiger partial charge in [-0.15, -0.1) is 11.3 Å². The van der Waals surface area contributed by atoms with Crippen LogP contribution in [0.5, 0.6) is 0 Å². The molecule has 0 spiro atoms. The van der Waals surface area contributed by atoms with E-state index in [-0.39, 0.29) is 0 Å². The molecule has 0 aliphatic rings. The molecule has 0 radical (unpaired) electrons. The SMILES string of the molecule is CC(C)[Si](c1ncc(Br)s1)(C(C)C)C(C)C. The fraction of sp³-hybridized carbons (Fsp3) is 0.750. The maximum atomic E-state index is 4.69. The van der Waals surface area contributed by atoms with Gasteiger partial charge in [-0.05, 0) is 32.6 Å². The maximum Gasteiger partial charge on any atom is 0.131 e. The van der Waals surface area contributed by atoms with Crippen molar-refractivity contribution >= 4 is 40.0 Å². The average molecular weight is 320 g/mol. The van der Waals surface area contributed by atoms with Gasteiger partial charge < -0.3 is 0 Å². The lowest BCUT2D eigenvalue weighted by Crippen LogP contribution is -2.55. The topological polar surface area (TPSA) is 12.9 Å². The molecule has 1 heterocycles. The Kier molecular flexibility index (Phi) is 4.78. The van der Waals surface area contributed by atoms with E-state index < -0.39 is 8.07 Å². The van der Waals surface area contributed by atoms with Crippen LogP contribution in [0.25, 0.3) is 0 Å². The first-order valence-corrected chi connectivity index (χ1v) is 9.79. The van der Waals surface area contributed by atoms with Crippen LogP contribution in [0.15, 0.2) is 9.98 Å². The molecule has 16 heavy (non-hydrogen) atoms. The summed E-state index contributed by atoms with van der Waals surface area (Å²) >= 11 is 5.40. The molecule has 1 rings (SSSR count). The van der Waals surface area contributed by atoms with Gasteiger partial charge in [0.2, 0.25) is 0 Å². The second-order valence-corrected chi connectivity index (χ2v) is 13.9. The maximum absolute atomic E-state index is 4.69. The van der Waals surface area contributed by atoms with Crippen LogP contribution >= 0.6 is 27.3 Å². The summed E-state index contributed by atoms with van der Waals surface area (Å²) in [4.78, 5) is 4.69. The van der Waals surface area contributed by atoms with Gasteiger partial charge in [0.25, 0.3) is 0 Å². The molecule has 1 nitrogen and oxygen atoms in total. The van der Waals surface area contributed by atoms with Gasteiger partial charge in [0, 0.05) is 0 Å². The Morgan fingerprint density at radius 2 is 1.50 bits per heavy atom. The van der Waals surface area contributed by atoms with Crippen LogP contribution in [-0.4, -0.2) is 13.1 Å². The third kappa shape index (κ3) is 2.29. The Bertz CT molecular complexity index is 325. The normalized spacial score (nSPS) is 13.1. The highest BCUT2D eigenvalue weighted by Crippen LogP contribution is 2.41. The van der Waals surface area contributed by atoms with E-state index in [0.717, 1.165) is 16.6 Å². The minimum Gasteiger partial charge on any atom is -0.254 e. The molecule has 0 aromatic carbocycles. The molecule has 0 bridgehead atoms. The second kappa shape index (κ2) is 5.32. The number of rotatable bonds is 4. The number of nitrogens with zero attached hydrogens (tertiary/aromatic N) is 1. The summed E-state index contributed by atoms with van der Waals surface area (Å²) in [7, 11) is -1.51. The Labute approximate surface area is 113 Å². The van der Waals surface area contributed by atoms with E-state index in [1.807, 2.05) is 17.5 Å². The van der Waals surface area contributed by atoms with Crippen LogP contribution in [0.2, 0.25) is 16.6 Å². The Morgan fingerprint density at radius 1 is 1.06 bits per heavy atom. The fourth-order valence-corrected chi connectivity index (χ4v) is 13.5. The summed E-state index contributed by atoms with van der Waals surface area (Å²) in [6.45, 7) is 14.3. The van der Waals surface area contributed by atoms with E-state index in [1.54, 1.807) is 0 Å². The molecule has 1 aromatic heterocycles. The molecule has 0 saturated heterocycles. The third-order valence-corrected chi connectivity index (χ3v) is 13.0. The minimum absolute atomic E-state index is 0.741. The number of aromatic nitrogens is 1. The van der Waals surface area contributed by atoms with Gasteiger partial charge in [-0.2, -0.15) is 0 Å². The standard InChI is InChI=1S/C12H22BrNSSi/c1-8(2)16(9(3)4,10(5)6)12-14-7-11(13)15-12/h7-10H,1-6H3. The first-order valence-electron chi connectivity index (χ1n) is 5.95. The first-order chi connectivity index (χ1) is 7.33. The zero-order valence-electron chi connectivity index (χ0n) is 11.0.